The lowest BCUT2D eigenvalue weighted by Crippen LogP contribution is -2.19. The van der Waals surface area contributed by atoms with Crippen molar-refractivity contribution in [3.8, 4) is 5.75 Å². The highest BCUT2D eigenvalue weighted by Crippen LogP contribution is 2.25. The molecule has 104 valence electrons. The smallest absolute Gasteiger partial charge is 0.345 e. The number of nitrogens with one attached hydrogen (secondary N) is 2. The first-order valence-electron chi connectivity index (χ1n) is 5.64. The number of ether oxygens (including phenoxy) is 1. The van der Waals surface area contributed by atoms with Crippen LogP contribution in [0.2, 0.25) is 0 Å². The number of hydrogen-bond acceptors (Lipinski definition) is 4. The van der Waals surface area contributed by atoms with Crippen LogP contribution in [-0.4, -0.2) is 24.2 Å². The maximum atomic E-state index is 11.8. The summed E-state index contributed by atoms with van der Waals surface area (Å²) in [7, 11) is 1.51. The van der Waals surface area contributed by atoms with E-state index in [1.807, 2.05) is 0 Å². The fourth-order valence-electron chi connectivity index (χ4n) is 1.53. The van der Waals surface area contributed by atoms with Crippen molar-refractivity contribution in [2.75, 3.05) is 17.7 Å². The van der Waals surface area contributed by atoms with Crippen molar-refractivity contribution >= 4 is 34.0 Å². The van der Waals surface area contributed by atoms with Gasteiger partial charge in [0, 0.05) is 0 Å². The van der Waals surface area contributed by atoms with E-state index in [9.17, 15) is 9.59 Å². The first-order chi connectivity index (χ1) is 9.60. The Morgan fingerprint density at radius 3 is 2.55 bits per heavy atom. The van der Waals surface area contributed by atoms with Crippen LogP contribution in [0.5, 0.6) is 5.75 Å². The van der Waals surface area contributed by atoms with Gasteiger partial charge in [-0.1, -0.05) is 12.1 Å². The largest absolute Gasteiger partial charge is 0.495 e. The predicted octanol–water partition coefficient (Wildman–Crippen LogP) is 3.10. The summed E-state index contributed by atoms with van der Waals surface area (Å²) in [6, 6.07) is 9.50. The molecule has 6 nitrogen and oxygen atoms in total. The molecule has 0 bridgehead atoms. The Hall–Kier alpha value is -2.54. The van der Waals surface area contributed by atoms with E-state index in [-0.39, 0.29) is 4.88 Å². The second-order valence-electron chi connectivity index (χ2n) is 3.75. The highest BCUT2D eigenvalue weighted by molar-refractivity contribution is 7.18. The summed E-state index contributed by atoms with van der Waals surface area (Å²) in [4.78, 5) is 22.7. The molecule has 0 aliphatic rings. The van der Waals surface area contributed by atoms with Crippen LogP contribution in [0, 0.1) is 0 Å². The Bertz CT molecular complexity index is 639. The van der Waals surface area contributed by atoms with Crippen LogP contribution in [0.1, 0.15) is 9.67 Å². The summed E-state index contributed by atoms with van der Waals surface area (Å²) in [6.45, 7) is 0. The van der Waals surface area contributed by atoms with E-state index in [1.165, 1.54) is 19.2 Å². The second kappa shape index (κ2) is 6.07. The van der Waals surface area contributed by atoms with Gasteiger partial charge in [-0.25, -0.2) is 9.59 Å². The standard InChI is InChI=1S/C13H12N2O4S/c1-19-9-5-3-2-4-8(9)14-13(18)15-11-7-6-10(20-11)12(16)17/h2-7H,1H3,(H,16,17)(H2,14,15,18). The Morgan fingerprint density at radius 1 is 1.15 bits per heavy atom. The number of urea groups is 1. The number of aromatic carboxylic acids is 1. The molecule has 0 radical (unpaired) electrons. The molecule has 2 rings (SSSR count). The highest BCUT2D eigenvalue weighted by Gasteiger charge is 2.10. The number of carbonyl (C=O) groups excluding carboxylic acids is 1. The Balaban J connectivity index is 2.03. The molecule has 0 saturated heterocycles. The summed E-state index contributed by atoms with van der Waals surface area (Å²) < 4.78 is 5.11. The van der Waals surface area contributed by atoms with Crippen LogP contribution in [0.4, 0.5) is 15.5 Å². The monoisotopic (exact) mass is 292 g/mol. The molecule has 1 heterocycles. The van der Waals surface area contributed by atoms with Crippen molar-refractivity contribution in [2.24, 2.45) is 0 Å². The van der Waals surface area contributed by atoms with E-state index in [0.29, 0.717) is 16.4 Å². The van der Waals surface area contributed by atoms with Crippen molar-refractivity contribution in [3.05, 3.63) is 41.3 Å². The molecule has 0 aliphatic carbocycles. The third kappa shape index (κ3) is 3.27. The number of amides is 2. The van der Waals surface area contributed by atoms with Crippen molar-refractivity contribution in [2.45, 2.75) is 0 Å². The van der Waals surface area contributed by atoms with E-state index < -0.39 is 12.0 Å². The second-order valence-corrected chi connectivity index (χ2v) is 4.83. The zero-order chi connectivity index (χ0) is 14.5. The molecule has 0 atom stereocenters. The zero-order valence-corrected chi connectivity index (χ0v) is 11.4. The normalized spacial score (nSPS) is 9.85. The van der Waals surface area contributed by atoms with Crippen LogP contribution in [0.3, 0.4) is 0 Å². The molecule has 0 spiro atoms. The lowest BCUT2D eigenvalue weighted by molar-refractivity contribution is 0.0702. The molecule has 0 fully saturated rings. The minimum Gasteiger partial charge on any atom is -0.495 e. The molecule has 3 N–H and O–H groups in total. The van der Waals surface area contributed by atoms with Gasteiger partial charge in [-0.3, -0.25) is 5.32 Å². The Labute approximate surface area is 119 Å². The van der Waals surface area contributed by atoms with Gasteiger partial charge in [0.05, 0.1) is 17.8 Å². The zero-order valence-electron chi connectivity index (χ0n) is 10.5. The highest BCUT2D eigenvalue weighted by atomic mass is 32.1. The van der Waals surface area contributed by atoms with Gasteiger partial charge in [0.2, 0.25) is 0 Å². The van der Waals surface area contributed by atoms with Crippen LogP contribution in [-0.2, 0) is 0 Å². The Kier molecular flexibility index (Phi) is 4.21. The molecule has 0 saturated carbocycles. The van der Waals surface area contributed by atoms with Gasteiger partial charge in [0.15, 0.2) is 0 Å². The number of methoxy groups -OCH3 is 1. The topological polar surface area (TPSA) is 87.7 Å². The maximum absolute atomic E-state index is 11.8. The molecular formula is C13H12N2O4S. The lowest BCUT2D eigenvalue weighted by Gasteiger charge is -2.09. The molecule has 2 amide bonds. The van der Waals surface area contributed by atoms with Gasteiger partial charge in [-0.05, 0) is 24.3 Å². The van der Waals surface area contributed by atoms with E-state index >= 15 is 0 Å². The van der Waals surface area contributed by atoms with Crippen LogP contribution in [0.15, 0.2) is 36.4 Å². The van der Waals surface area contributed by atoms with E-state index in [2.05, 4.69) is 10.6 Å². The average Bonchev–Trinajstić information content (AvgIpc) is 2.88. The third-order valence-electron chi connectivity index (χ3n) is 2.41. The molecule has 2 aromatic rings. The van der Waals surface area contributed by atoms with Crippen molar-refractivity contribution in [3.63, 3.8) is 0 Å². The quantitative estimate of drug-likeness (QED) is 0.808. The number of carboxylic acids is 1. The van der Waals surface area contributed by atoms with Gasteiger partial charge in [0.25, 0.3) is 0 Å². The number of para-hydroxylation sites is 2. The molecule has 7 heteroatoms. The maximum Gasteiger partial charge on any atom is 0.345 e. The van der Waals surface area contributed by atoms with Gasteiger partial charge >= 0.3 is 12.0 Å². The first-order valence-corrected chi connectivity index (χ1v) is 6.46. The number of rotatable bonds is 4. The first kappa shape index (κ1) is 13.9. The van der Waals surface area contributed by atoms with Crippen molar-refractivity contribution in [1.82, 2.24) is 0 Å². The van der Waals surface area contributed by atoms with Gasteiger partial charge in [-0.15, -0.1) is 11.3 Å². The van der Waals surface area contributed by atoms with E-state index in [0.717, 1.165) is 11.3 Å². The summed E-state index contributed by atoms with van der Waals surface area (Å²) in [5.74, 6) is -0.478. The van der Waals surface area contributed by atoms with Crippen LogP contribution >= 0.6 is 11.3 Å². The molecule has 1 aromatic heterocycles. The number of hydrogen-bond donors (Lipinski definition) is 3. The minimum atomic E-state index is -1.02. The summed E-state index contributed by atoms with van der Waals surface area (Å²) in [5.41, 5.74) is 0.530. The lowest BCUT2D eigenvalue weighted by atomic mass is 10.3. The fourth-order valence-corrected chi connectivity index (χ4v) is 2.27. The number of thiophene rings is 1. The summed E-state index contributed by atoms with van der Waals surface area (Å²) in [5, 5.41) is 14.5. The third-order valence-corrected chi connectivity index (χ3v) is 3.40. The van der Waals surface area contributed by atoms with Crippen molar-refractivity contribution < 1.29 is 19.4 Å². The van der Waals surface area contributed by atoms with Crippen LogP contribution in [0.25, 0.3) is 0 Å². The van der Waals surface area contributed by atoms with Gasteiger partial charge < -0.3 is 15.2 Å². The Morgan fingerprint density at radius 2 is 1.90 bits per heavy atom. The SMILES string of the molecule is COc1ccccc1NC(=O)Nc1ccc(C(=O)O)s1. The summed E-state index contributed by atoms with van der Waals surface area (Å²) in [6.07, 6.45) is 0. The number of carbonyl (C=O) groups is 2. The predicted molar refractivity (Wildman–Crippen MR) is 76.9 cm³/mol. The molecule has 1 aromatic carbocycles. The number of benzene rings is 1. The fraction of sp³-hybridized carbons (Fsp3) is 0.0769. The van der Waals surface area contributed by atoms with Crippen molar-refractivity contribution in [1.29, 1.82) is 0 Å². The van der Waals surface area contributed by atoms with E-state index in [4.69, 9.17) is 9.84 Å². The molecule has 0 aliphatic heterocycles. The van der Waals surface area contributed by atoms with E-state index in [1.54, 1.807) is 24.3 Å². The molecule has 20 heavy (non-hydrogen) atoms. The average molecular weight is 292 g/mol. The van der Waals surface area contributed by atoms with Gasteiger partial charge in [0.1, 0.15) is 10.6 Å². The molecular weight excluding hydrogens is 280 g/mol. The molecule has 0 unspecified atom stereocenters. The van der Waals surface area contributed by atoms with Crippen LogP contribution < -0.4 is 15.4 Å². The number of anilines is 2. The number of carboxylic acid groups (broad SMARTS) is 1. The summed E-state index contributed by atoms with van der Waals surface area (Å²) >= 11 is 0.987. The van der Waals surface area contributed by atoms with Gasteiger partial charge in [-0.2, -0.15) is 0 Å². The minimum absolute atomic E-state index is 0.164.